The quantitative estimate of drug-likeness (QED) is 0.810. The molecule has 0 unspecified atom stereocenters. The summed E-state index contributed by atoms with van der Waals surface area (Å²) in [5.74, 6) is -0.333. The molecule has 0 saturated heterocycles. The predicted octanol–water partition coefficient (Wildman–Crippen LogP) is 1.13. The number of rotatable bonds is 4. The van der Waals surface area contributed by atoms with Crippen LogP contribution < -0.4 is 0 Å². The summed E-state index contributed by atoms with van der Waals surface area (Å²) < 4.78 is 5.13. The second-order valence-electron chi connectivity index (χ2n) is 3.28. The molecule has 5 heteroatoms. The van der Waals surface area contributed by atoms with Gasteiger partial charge >= 0.3 is 5.97 Å². The van der Waals surface area contributed by atoms with E-state index in [1.54, 1.807) is 26.1 Å². The Morgan fingerprint density at radius 2 is 2.13 bits per heavy atom. The van der Waals surface area contributed by atoms with Gasteiger partial charge in [-0.2, -0.15) is 0 Å². The van der Waals surface area contributed by atoms with E-state index in [1.807, 2.05) is 0 Å². The maximum absolute atomic E-state index is 11.6. The highest BCUT2D eigenvalue weighted by atomic mass is 16.4. The molecule has 0 saturated carbocycles. The number of carboxylic acid groups (broad SMARTS) is 1. The topological polar surface area (TPSA) is 70.8 Å². The van der Waals surface area contributed by atoms with Gasteiger partial charge in [0.15, 0.2) is 5.76 Å². The lowest BCUT2D eigenvalue weighted by Gasteiger charge is -2.13. The molecule has 15 heavy (non-hydrogen) atoms. The van der Waals surface area contributed by atoms with Crippen LogP contribution in [0.2, 0.25) is 0 Å². The molecule has 0 atom stereocenters. The first-order chi connectivity index (χ1) is 7.00. The molecule has 1 aromatic heterocycles. The zero-order chi connectivity index (χ0) is 11.4. The van der Waals surface area contributed by atoms with Crippen molar-refractivity contribution in [3.63, 3.8) is 0 Å². The molecule has 0 aliphatic heterocycles. The first-order valence-corrected chi connectivity index (χ1v) is 4.54. The highest BCUT2D eigenvalue weighted by molar-refractivity contribution is 5.91. The Morgan fingerprint density at radius 1 is 1.47 bits per heavy atom. The van der Waals surface area contributed by atoms with Crippen LogP contribution in [0.25, 0.3) is 0 Å². The summed E-state index contributed by atoms with van der Waals surface area (Å²) in [6.07, 6.45) is -0.0675. The minimum Gasteiger partial charge on any atom is -0.481 e. The van der Waals surface area contributed by atoms with Crippen molar-refractivity contribution < 1.29 is 19.1 Å². The molecule has 1 amide bonds. The fourth-order valence-corrected chi connectivity index (χ4v) is 1.10. The highest BCUT2D eigenvalue weighted by Gasteiger charge is 2.15. The van der Waals surface area contributed by atoms with Crippen molar-refractivity contribution in [3.05, 3.63) is 23.7 Å². The van der Waals surface area contributed by atoms with Crippen molar-refractivity contribution in [1.82, 2.24) is 4.90 Å². The van der Waals surface area contributed by atoms with Gasteiger partial charge in [0, 0.05) is 13.6 Å². The number of amides is 1. The zero-order valence-corrected chi connectivity index (χ0v) is 8.69. The molecule has 0 aromatic carbocycles. The smallest absolute Gasteiger partial charge is 0.305 e. The van der Waals surface area contributed by atoms with Gasteiger partial charge in [-0.15, -0.1) is 0 Å². The van der Waals surface area contributed by atoms with Crippen LogP contribution in [0.1, 0.15) is 22.7 Å². The van der Waals surface area contributed by atoms with Gasteiger partial charge in [0.25, 0.3) is 5.91 Å². The molecule has 1 rings (SSSR count). The van der Waals surface area contributed by atoms with E-state index in [4.69, 9.17) is 9.52 Å². The summed E-state index contributed by atoms with van der Waals surface area (Å²) in [6, 6.07) is 3.27. The second-order valence-corrected chi connectivity index (χ2v) is 3.28. The third-order valence-corrected chi connectivity index (χ3v) is 1.96. The summed E-state index contributed by atoms with van der Waals surface area (Å²) in [7, 11) is 1.54. The van der Waals surface area contributed by atoms with Gasteiger partial charge in [-0.1, -0.05) is 0 Å². The van der Waals surface area contributed by atoms with Crippen LogP contribution in [0.3, 0.4) is 0 Å². The largest absolute Gasteiger partial charge is 0.481 e. The average molecular weight is 211 g/mol. The molecule has 0 fully saturated rings. The number of furan rings is 1. The van der Waals surface area contributed by atoms with Crippen molar-refractivity contribution in [2.75, 3.05) is 13.6 Å². The lowest BCUT2D eigenvalue weighted by Crippen LogP contribution is -2.28. The lowest BCUT2D eigenvalue weighted by atomic mass is 10.3. The van der Waals surface area contributed by atoms with Gasteiger partial charge in [0.1, 0.15) is 5.76 Å². The van der Waals surface area contributed by atoms with E-state index >= 15 is 0 Å². The van der Waals surface area contributed by atoms with Crippen LogP contribution in [-0.4, -0.2) is 35.5 Å². The van der Waals surface area contributed by atoms with Crippen molar-refractivity contribution in [1.29, 1.82) is 0 Å². The number of carbonyl (C=O) groups excluding carboxylic acids is 1. The summed E-state index contributed by atoms with van der Waals surface area (Å²) in [6.45, 7) is 1.92. The Balaban J connectivity index is 2.57. The first-order valence-electron chi connectivity index (χ1n) is 4.54. The van der Waals surface area contributed by atoms with Crippen LogP contribution in [0.15, 0.2) is 16.5 Å². The molecule has 1 heterocycles. The van der Waals surface area contributed by atoms with Gasteiger partial charge < -0.3 is 14.4 Å². The van der Waals surface area contributed by atoms with Crippen molar-refractivity contribution in [3.8, 4) is 0 Å². The zero-order valence-electron chi connectivity index (χ0n) is 8.69. The molecule has 5 nitrogen and oxygen atoms in total. The van der Waals surface area contributed by atoms with Crippen LogP contribution in [-0.2, 0) is 4.79 Å². The average Bonchev–Trinajstić information content (AvgIpc) is 2.60. The van der Waals surface area contributed by atoms with Crippen LogP contribution in [0.4, 0.5) is 0 Å². The minimum absolute atomic E-state index is 0.0675. The number of hydrogen-bond acceptors (Lipinski definition) is 3. The Kier molecular flexibility index (Phi) is 3.49. The van der Waals surface area contributed by atoms with Crippen LogP contribution in [0, 0.1) is 6.92 Å². The first kappa shape index (κ1) is 11.3. The monoisotopic (exact) mass is 211 g/mol. The van der Waals surface area contributed by atoms with Gasteiger partial charge in [-0.05, 0) is 19.1 Å². The van der Waals surface area contributed by atoms with E-state index in [2.05, 4.69) is 0 Å². The molecule has 1 aromatic rings. The standard InChI is InChI=1S/C10H13NO4/c1-7-3-4-8(15-7)10(14)11(2)6-5-9(12)13/h3-4H,5-6H2,1-2H3,(H,12,13). The molecule has 0 aliphatic rings. The van der Waals surface area contributed by atoms with Crippen molar-refractivity contribution in [2.24, 2.45) is 0 Å². The normalized spacial score (nSPS) is 10.0. The van der Waals surface area contributed by atoms with Gasteiger partial charge in [-0.3, -0.25) is 9.59 Å². The van der Waals surface area contributed by atoms with E-state index in [-0.39, 0.29) is 24.6 Å². The highest BCUT2D eigenvalue weighted by Crippen LogP contribution is 2.08. The maximum atomic E-state index is 11.6. The van der Waals surface area contributed by atoms with Crippen LogP contribution >= 0.6 is 0 Å². The third kappa shape index (κ3) is 3.12. The summed E-state index contributed by atoms with van der Waals surface area (Å²) in [5.41, 5.74) is 0. The predicted molar refractivity (Wildman–Crippen MR) is 52.7 cm³/mol. The Labute approximate surface area is 87.3 Å². The number of aliphatic carboxylic acids is 1. The number of carboxylic acids is 1. The van der Waals surface area contributed by atoms with Gasteiger partial charge in [0.05, 0.1) is 6.42 Å². The van der Waals surface area contributed by atoms with Crippen molar-refractivity contribution >= 4 is 11.9 Å². The van der Waals surface area contributed by atoms with E-state index < -0.39 is 5.97 Å². The second kappa shape index (κ2) is 4.63. The molecular weight excluding hydrogens is 198 g/mol. The number of hydrogen-bond donors (Lipinski definition) is 1. The van der Waals surface area contributed by atoms with E-state index in [9.17, 15) is 9.59 Å². The van der Waals surface area contributed by atoms with E-state index in [0.29, 0.717) is 5.76 Å². The molecule has 0 radical (unpaired) electrons. The summed E-state index contributed by atoms with van der Waals surface area (Å²) >= 11 is 0. The molecule has 0 aliphatic carbocycles. The SMILES string of the molecule is Cc1ccc(C(=O)N(C)CCC(=O)O)o1. The molecule has 1 N–H and O–H groups in total. The Hall–Kier alpha value is -1.78. The molecule has 82 valence electrons. The summed E-state index contributed by atoms with van der Waals surface area (Å²) in [5, 5.41) is 8.46. The fourth-order valence-electron chi connectivity index (χ4n) is 1.10. The minimum atomic E-state index is -0.926. The summed E-state index contributed by atoms with van der Waals surface area (Å²) in [4.78, 5) is 23.2. The lowest BCUT2D eigenvalue weighted by molar-refractivity contribution is -0.137. The Bertz CT molecular complexity index is 369. The number of carbonyl (C=O) groups is 2. The Morgan fingerprint density at radius 3 is 2.60 bits per heavy atom. The molecular formula is C10H13NO4. The van der Waals surface area contributed by atoms with Crippen LogP contribution in [0.5, 0.6) is 0 Å². The fraction of sp³-hybridized carbons (Fsp3) is 0.400. The van der Waals surface area contributed by atoms with E-state index in [0.717, 1.165) is 0 Å². The molecule has 0 spiro atoms. The number of nitrogens with zero attached hydrogens (tertiary/aromatic N) is 1. The van der Waals surface area contributed by atoms with Crippen molar-refractivity contribution in [2.45, 2.75) is 13.3 Å². The third-order valence-electron chi connectivity index (χ3n) is 1.96. The number of aryl methyl sites for hydroxylation is 1. The van der Waals surface area contributed by atoms with Gasteiger partial charge in [0.2, 0.25) is 0 Å². The van der Waals surface area contributed by atoms with E-state index in [1.165, 1.54) is 4.90 Å². The van der Waals surface area contributed by atoms with Gasteiger partial charge in [-0.25, -0.2) is 0 Å². The maximum Gasteiger partial charge on any atom is 0.305 e. The molecule has 0 bridgehead atoms.